The van der Waals surface area contributed by atoms with Crippen molar-refractivity contribution in [2.75, 3.05) is 0 Å². The lowest BCUT2D eigenvalue weighted by Gasteiger charge is -2.15. The third-order valence-corrected chi connectivity index (χ3v) is 2.30. The van der Waals surface area contributed by atoms with Gasteiger partial charge in [0.1, 0.15) is 12.0 Å². The van der Waals surface area contributed by atoms with E-state index in [0.717, 1.165) is 0 Å². The van der Waals surface area contributed by atoms with Gasteiger partial charge in [-0.05, 0) is 41.1 Å². The van der Waals surface area contributed by atoms with Crippen molar-refractivity contribution in [2.24, 2.45) is 0 Å². The molecule has 16 heavy (non-hydrogen) atoms. The lowest BCUT2D eigenvalue weighted by molar-refractivity contribution is -0.210. The zero-order chi connectivity index (χ0) is 12.1. The number of hydrogen-bond acceptors (Lipinski definition) is 3. The zero-order valence-electron chi connectivity index (χ0n) is 8.32. The summed E-state index contributed by atoms with van der Waals surface area (Å²) in [6.07, 6.45) is -0.397. The number of carbonyl (C=O) groups is 1. The second-order valence-corrected chi connectivity index (χ2v) is 3.74. The molecule has 1 aromatic carbocycles. The summed E-state index contributed by atoms with van der Waals surface area (Å²) in [6.45, 7) is -1.53. The minimum absolute atomic E-state index is 0.332. The third-order valence-electron chi connectivity index (χ3n) is 1.68. The quantitative estimate of drug-likeness (QED) is 0.618. The summed E-state index contributed by atoms with van der Waals surface area (Å²) in [7, 11) is 0. The van der Waals surface area contributed by atoms with Crippen LogP contribution >= 0.6 is 15.9 Å². The summed E-state index contributed by atoms with van der Waals surface area (Å²) >= 11 is 3.16. The minimum Gasteiger partial charge on any atom is -0.464 e. The Hall–Kier alpha value is -1.01. The Labute approximate surface area is 99.5 Å². The number of ether oxygens (including phenoxy) is 2. The van der Waals surface area contributed by atoms with E-state index in [0.29, 0.717) is 22.1 Å². The topological polar surface area (TPSA) is 35.5 Å². The van der Waals surface area contributed by atoms with Crippen LogP contribution < -0.4 is 4.74 Å². The molecule has 88 valence electrons. The molecule has 1 rings (SSSR count). The molecule has 0 N–H and O–H groups in total. The molecule has 0 bridgehead atoms. The number of aldehydes is 1. The highest BCUT2D eigenvalue weighted by Crippen LogP contribution is 2.26. The predicted octanol–water partition coefficient (Wildman–Crippen LogP) is 3.23. The molecule has 0 aliphatic heterocycles. The monoisotopic (exact) mass is 294 g/mol. The average molecular weight is 295 g/mol. The van der Waals surface area contributed by atoms with E-state index in [1.54, 1.807) is 0 Å². The van der Waals surface area contributed by atoms with Crippen molar-refractivity contribution < 1.29 is 23.0 Å². The smallest absolute Gasteiger partial charge is 0.348 e. The van der Waals surface area contributed by atoms with Crippen LogP contribution in [0.5, 0.6) is 5.75 Å². The van der Waals surface area contributed by atoms with E-state index in [4.69, 9.17) is 4.74 Å². The highest BCUT2D eigenvalue weighted by molar-refractivity contribution is 9.10. The Morgan fingerprint density at radius 1 is 1.44 bits per heavy atom. The number of rotatable bonds is 5. The van der Waals surface area contributed by atoms with Crippen molar-refractivity contribution in [3.8, 4) is 5.75 Å². The first kappa shape index (κ1) is 13.1. The van der Waals surface area contributed by atoms with Gasteiger partial charge in [-0.2, -0.15) is 8.78 Å². The molecule has 0 saturated carbocycles. The number of alkyl halides is 2. The standard InChI is InChI=1S/C10H9BrF2O3/c1-6(16-10(12)13)15-9-3-2-7(5-14)4-8(9)11/h2-6,10H,1H3. The third kappa shape index (κ3) is 3.86. The van der Waals surface area contributed by atoms with E-state index in [1.165, 1.54) is 25.1 Å². The fourth-order valence-corrected chi connectivity index (χ4v) is 1.53. The second-order valence-electron chi connectivity index (χ2n) is 2.89. The van der Waals surface area contributed by atoms with Crippen LogP contribution in [0.25, 0.3) is 0 Å². The Bertz CT molecular complexity index is 371. The normalized spacial score (nSPS) is 12.6. The summed E-state index contributed by atoms with van der Waals surface area (Å²) in [5, 5.41) is 0. The first-order valence-electron chi connectivity index (χ1n) is 4.38. The fraction of sp³-hybridized carbons (Fsp3) is 0.300. The first-order valence-corrected chi connectivity index (χ1v) is 5.17. The Kier molecular flexibility index (Phi) is 4.82. The van der Waals surface area contributed by atoms with Crippen molar-refractivity contribution in [1.82, 2.24) is 0 Å². The molecule has 0 aliphatic carbocycles. The molecule has 6 heteroatoms. The molecule has 1 aromatic rings. The molecule has 0 aromatic heterocycles. The van der Waals surface area contributed by atoms with E-state index < -0.39 is 12.9 Å². The van der Waals surface area contributed by atoms with Crippen LogP contribution in [0, 0.1) is 0 Å². The average Bonchev–Trinajstić information content (AvgIpc) is 2.19. The van der Waals surface area contributed by atoms with E-state index in [-0.39, 0.29) is 0 Å². The molecule has 0 amide bonds. The van der Waals surface area contributed by atoms with Crippen molar-refractivity contribution >= 4 is 22.2 Å². The molecule has 0 spiro atoms. The Morgan fingerprint density at radius 3 is 2.62 bits per heavy atom. The lowest BCUT2D eigenvalue weighted by Crippen LogP contribution is -2.19. The number of carbonyl (C=O) groups excluding carboxylic acids is 1. The largest absolute Gasteiger partial charge is 0.464 e. The molecular formula is C10H9BrF2O3. The maximum atomic E-state index is 11.8. The summed E-state index contributed by atoms with van der Waals surface area (Å²) in [6, 6.07) is 4.54. The maximum absolute atomic E-state index is 11.8. The van der Waals surface area contributed by atoms with E-state index in [2.05, 4.69) is 20.7 Å². The van der Waals surface area contributed by atoms with Crippen LogP contribution in [-0.2, 0) is 4.74 Å². The molecule has 3 nitrogen and oxygen atoms in total. The number of benzene rings is 1. The summed E-state index contributed by atoms with van der Waals surface area (Å²) in [5.41, 5.74) is 0.460. The fourth-order valence-electron chi connectivity index (χ4n) is 1.04. The van der Waals surface area contributed by atoms with Gasteiger partial charge >= 0.3 is 6.61 Å². The van der Waals surface area contributed by atoms with Gasteiger partial charge in [0.2, 0.25) is 6.29 Å². The second kappa shape index (κ2) is 5.91. The number of halogens is 3. The van der Waals surface area contributed by atoms with Gasteiger partial charge in [-0.25, -0.2) is 0 Å². The molecule has 0 radical (unpaired) electrons. The summed E-state index contributed by atoms with van der Waals surface area (Å²) in [4.78, 5) is 10.5. The molecule has 0 fully saturated rings. The van der Waals surface area contributed by atoms with Crippen LogP contribution in [0.15, 0.2) is 22.7 Å². The first-order chi connectivity index (χ1) is 7.52. The lowest BCUT2D eigenvalue weighted by atomic mass is 10.2. The van der Waals surface area contributed by atoms with Gasteiger partial charge in [0.05, 0.1) is 4.47 Å². The van der Waals surface area contributed by atoms with E-state index >= 15 is 0 Å². The molecule has 0 saturated heterocycles. The van der Waals surface area contributed by atoms with Crippen molar-refractivity contribution in [1.29, 1.82) is 0 Å². The van der Waals surface area contributed by atoms with Gasteiger partial charge < -0.3 is 4.74 Å². The highest BCUT2D eigenvalue weighted by atomic mass is 79.9. The van der Waals surface area contributed by atoms with Crippen molar-refractivity contribution in [3.63, 3.8) is 0 Å². The van der Waals surface area contributed by atoms with Crippen molar-refractivity contribution in [2.45, 2.75) is 19.8 Å². The van der Waals surface area contributed by atoms with Crippen LogP contribution in [0.3, 0.4) is 0 Å². The van der Waals surface area contributed by atoms with Gasteiger partial charge in [-0.3, -0.25) is 9.53 Å². The van der Waals surface area contributed by atoms with Gasteiger partial charge in [-0.15, -0.1) is 0 Å². The summed E-state index contributed by atoms with van der Waals surface area (Å²) < 4.78 is 33.4. The van der Waals surface area contributed by atoms with Gasteiger partial charge in [-0.1, -0.05) is 0 Å². The van der Waals surface area contributed by atoms with Crippen LogP contribution in [0.1, 0.15) is 17.3 Å². The maximum Gasteiger partial charge on any atom is 0.348 e. The Balaban J connectivity index is 2.70. The Morgan fingerprint density at radius 2 is 2.12 bits per heavy atom. The molecule has 1 atom stereocenters. The van der Waals surface area contributed by atoms with Crippen molar-refractivity contribution in [3.05, 3.63) is 28.2 Å². The summed E-state index contributed by atoms with van der Waals surface area (Å²) in [5.74, 6) is 0.332. The van der Waals surface area contributed by atoms with Gasteiger partial charge in [0.25, 0.3) is 0 Å². The molecular weight excluding hydrogens is 286 g/mol. The molecule has 1 unspecified atom stereocenters. The molecule has 0 aliphatic rings. The SMILES string of the molecule is CC(Oc1ccc(C=O)cc1Br)OC(F)F. The van der Waals surface area contributed by atoms with Crippen LogP contribution in [-0.4, -0.2) is 19.2 Å². The molecule has 0 heterocycles. The predicted molar refractivity (Wildman–Crippen MR) is 56.7 cm³/mol. The number of hydrogen-bond donors (Lipinski definition) is 0. The van der Waals surface area contributed by atoms with E-state index in [1.807, 2.05) is 0 Å². The van der Waals surface area contributed by atoms with Gasteiger partial charge in [0.15, 0.2) is 0 Å². The van der Waals surface area contributed by atoms with E-state index in [9.17, 15) is 13.6 Å². The van der Waals surface area contributed by atoms with Crippen LogP contribution in [0.4, 0.5) is 8.78 Å². The van der Waals surface area contributed by atoms with Gasteiger partial charge in [0, 0.05) is 5.56 Å². The minimum atomic E-state index is -2.89. The zero-order valence-corrected chi connectivity index (χ0v) is 9.91. The highest BCUT2D eigenvalue weighted by Gasteiger charge is 2.12. The van der Waals surface area contributed by atoms with Crippen LogP contribution in [0.2, 0.25) is 0 Å².